The normalized spacial score (nSPS) is 12.3. The van der Waals surface area contributed by atoms with Crippen LogP contribution in [-0.2, 0) is 0 Å². The predicted octanol–water partition coefficient (Wildman–Crippen LogP) is 4.08. The van der Waals surface area contributed by atoms with Crippen molar-refractivity contribution in [3.8, 4) is 0 Å². The Hall–Kier alpha value is -1.08. The van der Waals surface area contributed by atoms with Crippen molar-refractivity contribution in [2.45, 2.75) is 38.6 Å². The lowest BCUT2D eigenvalue weighted by molar-refractivity contribution is 0.539. The lowest BCUT2D eigenvalue weighted by atomic mass is 10.1. The molecule has 0 aliphatic carbocycles. The van der Waals surface area contributed by atoms with Crippen molar-refractivity contribution >= 4 is 0 Å². The zero-order valence-electron chi connectivity index (χ0n) is 10.3. The third-order valence-electron chi connectivity index (χ3n) is 2.84. The number of hydrogen-bond acceptors (Lipinski definition) is 1. The minimum absolute atomic E-state index is 0.459. The molecule has 1 rings (SSSR count). The fourth-order valence-electron chi connectivity index (χ4n) is 1.77. The predicted molar refractivity (Wildman–Crippen MR) is 71.5 cm³/mol. The summed E-state index contributed by atoms with van der Waals surface area (Å²) in [5.41, 5.74) is 1.37. The first kappa shape index (κ1) is 13.0. The molecule has 0 heterocycles. The average molecular weight is 217 g/mol. The van der Waals surface area contributed by atoms with Gasteiger partial charge in [0, 0.05) is 6.04 Å². The summed E-state index contributed by atoms with van der Waals surface area (Å²) in [5, 5.41) is 3.55. The smallest absolute Gasteiger partial charge is 0.0291 e. The van der Waals surface area contributed by atoms with Gasteiger partial charge in [-0.15, -0.1) is 6.58 Å². The number of nitrogens with one attached hydrogen (secondary N) is 1. The second kappa shape index (κ2) is 8.12. The van der Waals surface area contributed by atoms with Gasteiger partial charge in [-0.1, -0.05) is 42.8 Å². The second-order valence-corrected chi connectivity index (χ2v) is 4.22. The summed E-state index contributed by atoms with van der Waals surface area (Å²) < 4.78 is 0. The molecule has 0 aliphatic heterocycles. The third kappa shape index (κ3) is 5.13. The van der Waals surface area contributed by atoms with Crippen LogP contribution in [0.2, 0.25) is 0 Å². The van der Waals surface area contributed by atoms with E-state index in [0.29, 0.717) is 6.04 Å². The third-order valence-corrected chi connectivity index (χ3v) is 2.84. The summed E-state index contributed by atoms with van der Waals surface area (Å²) in [6.45, 7) is 7.06. The molecule has 0 saturated heterocycles. The van der Waals surface area contributed by atoms with Gasteiger partial charge in [0.25, 0.3) is 0 Å². The summed E-state index contributed by atoms with van der Waals surface area (Å²) in [7, 11) is 0. The molecule has 88 valence electrons. The first-order valence-corrected chi connectivity index (χ1v) is 6.24. The van der Waals surface area contributed by atoms with Crippen molar-refractivity contribution < 1.29 is 0 Å². The van der Waals surface area contributed by atoms with Crippen molar-refractivity contribution in [1.82, 2.24) is 5.32 Å². The van der Waals surface area contributed by atoms with Crippen LogP contribution in [-0.4, -0.2) is 6.54 Å². The van der Waals surface area contributed by atoms with Crippen molar-refractivity contribution in [3.63, 3.8) is 0 Å². The molecule has 0 amide bonds. The molecule has 1 aromatic carbocycles. The maximum Gasteiger partial charge on any atom is 0.0291 e. The molecule has 0 bridgehead atoms. The van der Waals surface area contributed by atoms with Gasteiger partial charge in [0.15, 0.2) is 0 Å². The molecule has 0 saturated carbocycles. The highest BCUT2D eigenvalue weighted by Crippen LogP contribution is 2.11. The van der Waals surface area contributed by atoms with E-state index < -0.39 is 0 Å². The van der Waals surface area contributed by atoms with Crippen molar-refractivity contribution in [1.29, 1.82) is 0 Å². The maximum absolute atomic E-state index is 3.73. The van der Waals surface area contributed by atoms with Gasteiger partial charge < -0.3 is 5.32 Å². The average Bonchev–Trinajstić information content (AvgIpc) is 2.34. The van der Waals surface area contributed by atoms with Gasteiger partial charge in [-0.3, -0.25) is 0 Å². The van der Waals surface area contributed by atoms with Gasteiger partial charge in [-0.2, -0.15) is 0 Å². The highest BCUT2D eigenvalue weighted by atomic mass is 14.9. The minimum atomic E-state index is 0.459. The zero-order chi connectivity index (χ0) is 11.6. The lowest BCUT2D eigenvalue weighted by Gasteiger charge is -2.13. The summed E-state index contributed by atoms with van der Waals surface area (Å²) in [4.78, 5) is 0. The first-order valence-electron chi connectivity index (χ1n) is 6.24. The zero-order valence-corrected chi connectivity index (χ0v) is 10.3. The molecule has 16 heavy (non-hydrogen) atoms. The number of rotatable bonds is 8. The second-order valence-electron chi connectivity index (χ2n) is 4.22. The molecule has 0 fully saturated rings. The van der Waals surface area contributed by atoms with E-state index in [1.807, 2.05) is 6.08 Å². The highest BCUT2D eigenvalue weighted by molar-refractivity contribution is 5.17. The van der Waals surface area contributed by atoms with Gasteiger partial charge in [-0.05, 0) is 38.3 Å². The molecule has 0 aromatic heterocycles. The molecular formula is C15H23N. The van der Waals surface area contributed by atoms with Crippen LogP contribution in [0.5, 0.6) is 0 Å². The first-order chi connectivity index (χ1) is 7.84. The van der Waals surface area contributed by atoms with Crippen LogP contribution in [0.25, 0.3) is 0 Å². The molecule has 0 spiro atoms. The van der Waals surface area contributed by atoms with E-state index >= 15 is 0 Å². The Morgan fingerprint density at radius 2 is 1.94 bits per heavy atom. The Balaban J connectivity index is 2.11. The molecule has 1 heteroatoms. The topological polar surface area (TPSA) is 12.0 Å². The fourth-order valence-corrected chi connectivity index (χ4v) is 1.77. The molecule has 0 unspecified atom stereocenters. The SMILES string of the molecule is C=CCCCCCN[C@H](C)c1ccccc1. The fraction of sp³-hybridized carbons (Fsp3) is 0.467. The molecule has 0 aliphatic rings. The minimum Gasteiger partial charge on any atom is -0.310 e. The van der Waals surface area contributed by atoms with Crippen molar-refractivity contribution in [2.75, 3.05) is 6.54 Å². The van der Waals surface area contributed by atoms with E-state index in [2.05, 4.69) is 49.2 Å². The quantitative estimate of drug-likeness (QED) is 0.511. The Morgan fingerprint density at radius 3 is 2.62 bits per heavy atom. The number of unbranched alkanes of at least 4 members (excludes halogenated alkanes) is 3. The number of hydrogen-bond donors (Lipinski definition) is 1. The van der Waals surface area contributed by atoms with Crippen LogP contribution in [0.1, 0.15) is 44.2 Å². The number of benzene rings is 1. The Labute approximate surface area is 99.6 Å². The Morgan fingerprint density at radius 1 is 1.19 bits per heavy atom. The van der Waals surface area contributed by atoms with E-state index in [1.165, 1.54) is 24.8 Å². The van der Waals surface area contributed by atoms with Gasteiger partial charge in [-0.25, -0.2) is 0 Å². The van der Waals surface area contributed by atoms with E-state index in [4.69, 9.17) is 0 Å². The van der Waals surface area contributed by atoms with Gasteiger partial charge in [0.1, 0.15) is 0 Å². The Kier molecular flexibility index (Phi) is 6.59. The molecule has 1 atom stereocenters. The maximum atomic E-state index is 3.73. The highest BCUT2D eigenvalue weighted by Gasteiger charge is 2.02. The largest absolute Gasteiger partial charge is 0.310 e. The van der Waals surface area contributed by atoms with Crippen LogP contribution < -0.4 is 5.32 Å². The van der Waals surface area contributed by atoms with Crippen LogP contribution in [0.4, 0.5) is 0 Å². The van der Waals surface area contributed by atoms with E-state index in [1.54, 1.807) is 0 Å². The van der Waals surface area contributed by atoms with E-state index in [0.717, 1.165) is 13.0 Å². The van der Waals surface area contributed by atoms with Gasteiger partial charge in [0.05, 0.1) is 0 Å². The molecular weight excluding hydrogens is 194 g/mol. The molecule has 1 nitrogen and oxygen atoms in total. The summed E-state index contributed by atoms with van der Waals surface area (Å²) in [6, 6.07) is 11.1. The monoisotopic (exact) mass is 217 g/mol. The Bertz CT molecular complexity index is 279. The number of allylic oxidation sites excluding steroid dienone is 1. The van der Waals surface area contributed by atoms with Crippen molar-refractivity contribution in [3.05, 3.63) is 48.6 Å². The summed E-state index contributed by atoms with van der Waals surface area (Å²) in [6.07, 6.45) is 6.96. The van der Waals surface area contributed by atoms with Gasteiger partial charge >= 0.3 is 0 Å². The molecule has 1 aromatic rings. The van der Waals surface area contributed by atoms with Crippen molar-refractivity contribution in [2.24, 2.45) is 0 Å². The molecule has 1 N–H and O–H groups in total. The summed E-state index contributed by atoms with van der Waals surface area (Å²) >= 11 is 0. The standard InChI is InChI=1S/C15H23N/c1-3-4-5-6-10-13-16-14(2)15-11-8-7-9-12-15/h3,7-9,11-12,14,16H,1,4-6,10,13H2,2H3/t14-/m1/s1. The van der Waals surface area contributed by atoms with Crippen LogP contribution in [0, 0.1) is 0 Å². The van der Waals surface area contributed by atoms with Crippen LogP contribution in [0.3, 0.4) is 0 Å². The van der Waals surface area contributed by atoms with Crippen LogP contribution >= 0.6 is 0 Å². The molecule has 0 radical (unpaired) electrons. The van der Waals surface area contributed by atoms with E-state index in [9.17, 15) is 0 Å². The lowest BCUT2D eigenvalue weighted by Crippen LogP contribution is -2.19. The van der Waals surface area contributed by atoms with Gasteiger partial charge in [0.2, 0.25) is 0 Å². The van der Waals surface area contributed by atoms with E-state index in [-0.39, 0.29) is 0 Å². The summed E-state index contributed by atoms with van der Waals surface area (Å²) in [5.74, 6) is 0. The van der Waals surface area contributed by atoms with Crippen LogP contribution in [0.15, 0.2) is 43.0 Å².